The largest absolute Gasteiger partial charge is 0.349 e. The summed E-state index contributed by atoms with van der Waals surface area (Å²) in [5.41, 5.74) is 2.91. The molecule has 0 spiro atoms. The molecule has 0 bridgehead atoms. The first-order valence-corrected chi connectivity index (χ1v) is 7.90. The summed E-state index contributed by atoms with van der Waals surface area (Å²) in [7, 11) is 0. The van der Waals surface area contributed by atoms with Crippen molar-refractivity contribution in [1.29, 1.82) is 0 Å². The molecule has 0 heterocycles. The van der Waals surface area contributed by atoms with Crippen LogP contribution in [-0.4, -0.2) is 23.1 Å². The molecule has 0 atom stereocenters. The van der Waals surface area contributed by atoms with Gasteiger partial charge in [0.2, 0.25) is 0 Å². The zero-order valence-corrected chi connectivity index (χ0v) is 13.3. The summed E-state index contributed by atoms with van der Waals surface area (Å²) in [5.74, 6) is -1.43. The Morgan fingerprint density at radius 3 is 2.36 bits per heavy atom. The Labute approximate surface area is 144 Å². The van der Waals surface area contributed by atoms with E-state index in [1.54, 1.807) is 41.9 Å². The van der Waals surface area contributed by atoms with Gasteiger partial charge < -0.3 is 5.32 Å². The number of benzene rings is 2. The number of carbonyl (C=O) groups is 2. The highest BCUT2D eigenvalue weighted by atomic mass is 19.1. The molecule has 2 aromatic rings. The number of halogens is 1. The van der Waals surface area contributed by atoms with E-state index >= 15 is 0 Å². The standard InChI is InChI=1S/C19H17FN2O3/c20-17-4-2-1-3-15(17)16(19(24)21-14-9-10-14)11-12-5-7-13(8-6-12)18(23)22-25/h1-8,11,14,25H,9-10H2,(H,21,24)(H,22,23). The highest BCUT2D eigenvalue weighted by molar-refractivity contribution is 6.24. The van der Waals surface area contributed by atoms with Crippen LogP contribution >= 0.6 is 0 Å². The first-order chi connectivity index (χ1) is 12.1. The normalized spacial score (nSPS) is 14.1. The fourth-order valence-electron chi connectivity index (χ4n) is 2.40. The lowest BCUT2D eigenvalue weighted by molar-refractivity contribution is -0.115. The second-order valence-corrected chi connectivity index (χ2v) is 5.85. The molecule has 128 valence electrons. The highest BCUT2D eigenvalue weighted by Gasteiger charge is 2.26. The van der Waals surface area contributed by atoms with Gasteiger partial charge in [0.25, 0.3) is 11.8 Å². The molecule has 1 fully saturated rings. The molecule has 6 heteroatoms. The second-order valence-electron chi connectivity index (χ2n) is 5.85. The van der Waals surface area contributed by atoms with Crippen LogP contribution in [0.2, 0.25) is 0 Å². The Bertz CT molecular complexity index is 827. The number of amides is 2. The van der Waals surface area contributed by atoms with Gasteiger partial charge in [-0.3, -0.25) is 14.8 Å². The van der Waals surface area contributed by atoms with Gasteiger partial charge in [0.1, 0.15) is 5.82 Å². The quantitative estimate of drug-likeness (QED) is 0.339. The molecule has 5 nitrogen and oxygen atoms in total. The van der Waals surface area contributed by atoms with Crippen molar-refractivity contribution in [2.24, 2.45) is 0 Å². The predicted octanol–water partition coefficient (Wildman–Crippen LogP) is 2.76. The molecular formula is C19H17FN2O3. The van der Waals surface area contributed by atoms with Gasteiger partial charge in [-0.05, 0) is 42.7 Å². The van der Waals surface area contributed by atoms with Crippen molar-refractivity contribution in [1.82, 2.24) is 10.8 Å². The van der Waals surface area contributed by atoms with Crippen molar-refractivity contribution in [2.75, 3.05) is 0 Å². The fourth-order valence-corrected chi connectivity index (χ4v) is 2.40. The van der Waals surface area contributed by atoms with Crippen LogP contribution in [0, 0.1) is 5.82 Å². The Kier molecular flexibility index (Phi) is 4.90. The molecule has 0 aromatic heterocycles. The number of hydrogen-bond donors (Lipinski definition) is 3. The van der Waals surface area contributed by atoms with Crippen molar-refractivity contribution >= 4 is 23.5 Å². The van der Waals surface area contributed by atoms with Crippen LogP contribution in [0.1, 0.15) is 34.3 Å². The zero-order valence-electron chi connectivity index (χ0n) is 13.3. The van der Waals surface area contributed by atoms with Gasteiger partial charge in [0.05, 0.1) is 5.57 Å². The summed E-state index contributed by atoms with van der Waals surface area (Å²) in [5, 5.41) is 11.5. The van der Waals surface area contributed by atoms with Crippen LogP contribution < -0.4 is 10.8 Å². The molecule has 0 aliphatic heterocycles. The first-order valence-electron chi connectivity index (χ1n) is 7.90. The average molecular weight is 340 g/mol. The predicted molar refractivity (Wildman–Crippen MR) is 91.1 cm³/mol. The van der Waals surface area contributed by atoms with E-state index in [-0.39, 0.29) is 28.6 Å². The third-order valence-electron chi connectivity index (χ3n) is 3.91. The van der Waals surface area contributed by atoms with Crippen LogP contribution in [0.5, 0.6) is 0 Å². The minimum Gasteiger partial charge on any atom is -0.349 e. The minimum absolute atomic E-state index is 0.151. The SMILES string of the molecule is O=C(NC1CC1)C(=Cc1ccc(C(=O)NO)cc1)c1ccccc1F. The number of nitrogens with one attached hydrogen (secondary N) is 2. The maximum Gasteiger partial charge on any atom is 0.274 e. The number of hydroxylamine groups is 1. The molecule has 3 N–H and O–H groups in total. The molecule has 0 radical (unpaired) electrons. The summed E-state index contributed by atoms with van der Waals surface area (Å²) < 4.78 is 14.2. The molecular weight excluding hydrogens is 323 g/mol. The van der Waals surface area contributed by atoms with Gasteiger partial charge in [-0.2, -0.15) is 0 Å². The first kappa shape index (κ1) is 16.9. The van der Waals surface area contributed by atoms with E-state index in [0.29, 0.717) is 5.56 Å². The Morgan fingerprint density at radius 1 is 1.08 bits per heavy atom. The van der Waals surface area contributed by atoms with Gasteiger partial charge in [-0.25, -0.2) is 9.87 Å². The monoisotopic (exact) mass is 340 g/mol. The summed E-state index contributed by atoms with van der Waals surface area (Å²) >= 11 is 0. The summed E-state index contributed by atoms with van der Waals surface area (Å²) in [6.07, 6.45) is 3.44. The Balaban J connectivity index is 1.95. The van der Waals surface area contributed by atoms with Crippen molar-refractivity contribution in [3.63, 3.8) is 0 Å². The smallest absolute Gasteiger partial charge is 0.274 e. The maximum absolute atomic E-state index is 14.2. The third kappa shape index (κ3) is 4.10. The van der Waals surface area contributed by atoms with Crippen LogP contribution in [0.15, 0.2) is 48.5 Å². The van der Waals surface area contributed by atoms with Crippen LogP contribution in [-0.2, 0) is 4.79 Å². The highest BCUT2D eigenvalue weighted by Crippen LogP contribution is 2.25. The molecule has 3 rings (SSSR count). The van der Waals surface area contributed by atoms with E-state index in [0.717, 1.165) is 12.8 Å². The van der Waals surface area contributed by atoms with Gasteiger partial charge in [-0.15, -0.1) is 0 Å². The lowest BCUT2D eigenvalue weighted by Crippen LogP contribution is -2.26. The zero-order chi connectivity index (χ0) is 17.8. The summed E-state index contributed by atoms with van der Waals surface area (Å²) in [4.78, 5) is 23.9. The van der Waals surface area contributed by atoms with E-state index in [9.17, 15) is 14.0 Å². The third-order valence-corrected chi connectivity index (χ3v) is 3.91. The minimum atomic E-state index is -0.628. The van der Waals surface area contributed by atoms with Crippen molar-refractivity contribution in [3.8, 4) is 0 Å². The molecule has 2 aromatic carbocycles. The van der Waals surface area contributed by atoms with Crippen molar-refractivity contribution in [3.05, 3.63) is 71.0 Å². The van der Waals surface area contributed by atoms with Crippen LogP contribution in [0.25, 0.3) is 11.6 Å². The molecule has 0 saturated heterocycles. The fraction of sp³-hybridized carbons (Fsp3) is 0.158. The van der Waals surface area contributed by atoms with Gasteiger partial charge in [-0.1, -0.05) is 30.3 Å². The number of hydrogen-bond acceptors (Lipinski definition) is 3. The molecule has 2 amide bonds. The Morgan fingerprint density at radius 2 is 1.76 bits per heavy atom. The van der Waals surface area contributed by atoms with Crippen molar-refractivity contribution in [2.45, 2.75) is 18.9 Å². The number of carbonyl (C=O) groups excluding carboxylic acids is 2. The summed E-state index contributed by atoms with van der Waals surface area (Å²) in [6, 6.07) is 12.5. The molecule has 25 heavy (non-hydrogen) atoms. The summed E-state index contributed by atoms with van der Waals surface area (Å²) in [6.45, 7) is 0. The lowest BCUT2D eigenvalue weighted by atomic mass is 10.0. The van der Waals surface area contributed by atoms with Crippen LogP contribution in [0.3, 0.4) is 0 Å². The lowest BCUT2D eigenvalue weighted by Gasteiger charge is -2.10. The van der Waals surface area contributed by atoms with Gasteiger partial charge >= 0.3 is 0 Å². The van der Waals surface area contributed by atoms with E-state index in [2.05, 4.69) is 5.32 Å². The topological polar surface area (TPSA) is 78.4 Å². The molecule has 1 aliphatic carbocycles. The second kappa shape index (κ2) is 7.27. The Hall–Kier alpha value is -2.99. The molecule has 1 aliphatic rings. The van der Waals surface area contributed by atoms with E-state index in [4.69, 9.17) is 5.21 Å². The molecule has 0 unspecified atom stereocenters. The van der Waals surface area contributed by atoms with Crippen LogP contribution in [0.4, 0.5) is 4.39 Å². The number of rotatable bonds is 5. The van der Waals surface area contributed by atoms with Crippen molar-refractivity contribution < 1.29 is 19.2 Å². The average Bonchev–Trinajstić information content (AvgIpc) is 3.44. The molecule has 1 saturated carbocycles. The van der Waals surface area contributed by atoms with Gasteiger partial charge in [0.15, 0.2) is 0 Å². The van der Waals surface area contributed by atoms with E-state index in [1.165, 1.54) is 18.2 Å². The maximum atomic E-state index is 14.2. The van der Waals surface area contributed by atoms with E-state index < -0.39 is 11.7 Å². The van der Waals surface area contributed by atoms with E-state index in [1.807, 2.05) is 0 Å². The van der Waals surface area contributed by atoms with Gasteiger partial charge in [0, 0.05) is 17.2 Å².